The van der Waals surface area contributed by atoms with Gasteiger partial charge in [0.2, 0.25) is 0 Å². The number of aryl methyl sites for hydroxylation is 1. The molecule has 24 heavy (non-hydrogen) atoms. The van der Waals surface area contributed by atoms with E-state index >= 15 is 0 Å². The van der Waals surface area contributed by atoms with Crippen molar-refractivity contribution < 1.29 is 19.6 Å². The largest absolute Gasteiger partial charge is 0.865 e. The number of aromatic nitrogens is 1. The number of nitrogen functional groups attached to an aromatic ring is 1. The van der Waals surface area contributed by atoms with E-state index < -0.39 is 22.3 Å². The number of hydrogen-bond donors (Lipinski definition) is 2. The molecule has 2 rings (SSSR count). The summed E-state index contributed by atoms with van der Waals surface area (Å²) in [5, 5.41) is 26.5. The number of thiazole rings is 1. The lowest BCUT2D eigenvalue weighted by Crippen LogP contribution is -2.17. The van der Waals surface area contributed by atoms with E-state index in [-0.39, 0.29) is 16.4 Å². The van der Waals surface area contributed by atoms with Crippen LogP contribution in [0.15, 0.2) is 17.2 Å². The van der Waals surface area contributed by atoms with Crippen LogP contribution < -0.4 is 21.0 Å². The molecule has 3 N–H and O–H groups in total. The van der Waals surface area contributed by atoms with Crippen LogP contribution in [0.3, 0.4) is 0 Å². The molecule has 0 spiro atoms. The second kappa shape index (κ2) is 6.91. The van der Waals surface area contributed by atoms with Crippen molar-refractivity contribution in [2.24, 2.45) is 5.10 Å². The molecule has 1 aromatic heterocycles. The van der Waals surface area contributed by atoms with Crippen molar-refractivity contribution in [1.29, 1.82) is 0 Å². The molecule has 0 fully saturated rings. The first-order valence-corrected chi connectivity index (χ1v) is 7.25. The quantitative estimate of drug-likeness (QED) is 0.458. The van der Waals surface area contributed by atoms with Gasteiger partial charge in [-0.2, -0.15) is 5.10 Å². The van der Waals surface area contributed by atoms with E-state index in [0.717, 1.165) is 23.6 Å². The fourth-order valence-corrected chi connectivity index (χ4v) is 2.54. The van der Waals surface area contributed by atoms with Crippen LogP contribution in [0.1, 0.15) is 20.9 Å². The van der Waals surface area contributed by atoms with E-state index in [4.69, 9.17) is 10.5 Å². The highest BCUT2D eigenvalue weighted by Crippen LogP contribution is 2.33. The van der Waals surface area contributed by atoms with Crippen molar-refractivity contribution in [2.45, 2.75) is 6.92 Å². The minimum Gasteiger partial charge on any atom is -0.865 e. The summed E-state index contributed by atoms with van der Waals surface area (Å²) >= 11 is 1.01. The van der Waals surface area contributed by atoms with Crippen LogP contribution in [0, 0.1) is 17.0 Å². The first-order chi connectivity index (χ1) is 11.3. The zero-order valence-corrected chi connectivity index (χ0v) is 13.4. The van der Waals surface area contributed by atoms with Crippen molar-refractivity contribution in [2.75, 3.05) is 12.8 Å². The summed E-state index contributed by atoms with van der Waals surface area (Å²) in [6, 6.07) is 2.32. The van der Waals surface area contributed by atoms with Crippen LogP contribution >= 0.6 is 11.3 Å². The highest BCUT2D eigenvalue weighted by Gasteiger charge is 2.14. The van der Waals surface area contributed by atoms with Gasteiger partial charge in [0.05, 0.1) is 23.9 Å². The average Bonchev–Trinajstić information content (AvgIpc) is 2.86. The van der Waals surface area contributed by atoms with Crippen molar-refractivity contribution in [3.05, 3.63) is 38.4 Å². The molecule has 1 amide bonds. The van der Waals surface area contributed by atoms with Gasteiger partial charge in [-0.1, -0.05) is 11.3 Å². The number of nitro groups is 1. The summed E-state index contributed by atoms with van der Waals surface area (Å²) in [5.41, 5.74) is 7.82. The molecule has 0 atom stereocenters. The van der Waals surface area contributed by atoms with Gasteiger partial charge in [-0.25, -0.2) is 10.4 Å². The molecule has 1 heterocycles. The molecule has 0 saturated carbocycles. The topological polar surface area (TPSA) is 156 Å². The standard InChI is InChI=1S/C13H13N5O5S/c1-6-11(24-13(14)16-6)12(20)17-15-5-7-3-8(18(21)22)10(19)9(4-7)23-2/h3-5,19H,1-2H3,(H2,14,16)(H,17,20)/p-1/b15-5-. The molecule has 0 aliphatic carbocycles. The number of rotatable bonds is 5. The number of amides is 1. The highest BCUT2D eigenvalue weighted by molar-refractivity contribution is 7.17. The van der Waals surface area contributed by atoms with E-state index in [1.54, 1.807) is 6.92 Å². The van der Waals surface area contributed by atoms with Crippen LogP contribution in [-0.4, -0.2) is 29.1 Å². The first-order valence-electron chi connectivity index (χ1n) is 6.43. The van der Waals surface area contributed by atoms with Crippen LogP contribution in [-0.2, 0) is 0 Å². The molecule has 0 aliphatic rings. The second-order valence-electron chi connectivity index (χ2n) is 4.49. The normalized spacial score (nSPS) is 10.8. The number of ether oxygens (including phenoxy) is 1. The summed E-state index contributed by atoms with van der Waals surface area (Å²) in [7, 11) is 1.22. The molecule has 11 heteroatoms. The Morgan fingerprint density at radius 3 is 2.79 bits per heavy atom. The summed E-state index contributed by atoms with van der Waals surface area (Å²) in [4.78, 5) is 26.2. The molecule has 0 aliphatic heterocycles. The van der Waals surface area contributed by atoms with Gasteiger partial charge in [-0.05, 0) is 13.0 Å². The predicted octanol–water partition coefficient (Wildman–Crippen LogP) is 0.788. The number of nitrogens with two attached hydrogens (primary N) is 1. The predicted molar refractivity (Wildman–Crippen MR) is 85.4 cm³/mol. The van der Waals surface area contributed by atoms with E-state index in [1.165, 1.54) is 13.2 Å². The summed E-state index contributed by atoms with van der Waals surface area (Å²) in [6.45, 7) is 1.63. The lowest BCUT2D eigenvalue weighted by atomic mass is 10.2. The molecule has 0 bridgehead atoms. The number of nitrogens with zero attached hydrogens (tertiary/aromatic N) is 3. The molecular weight excluding hydrogens is 338 g/mol. The van der Waals surface area contributed by atoms with Gasteiger partial charge in [-0.15, -0.1) is 0 Å². The molecule has 0 radical (unpaired) electrons. The van der Waals surface area contributed by atoms with Gasteiger partial charge < -0.3 is 15.6 Å². The maximum atomic E-state index is 11.9. The Kier molecular flexibility index (Phi) is 4.94. The zero-order chi connectivity index (χ0) is 17.9. The molecule has 0 saturated heterocycles. The minimum atomic E-state index is -0.834. The Morgan fingerprint density at radius 1 is 1.54 bits per heavy atom. The third-order valence-corrected chi connectivity index (χ3v) is 3.86. The maximum absolute atomic E-state index is 11.9. The Bertz CT molecular complexity index is 832. The number of anilines is 1. The monoisotopic (exact) mass is 350 g/mol. The minimum absolute atomic E-state index is 0.192. The lowest BCUT2D eigenvalue weighted by Gasteiger charge is -2.12. The molecule has 2 aromatic rings. The number of hydrogen-bond acceptors (Lipinski definition) is 9. The number of nitrogens with one attached hydrogen (secondary N) is 1. The number of carbonyl (C=O) groups is 1. The van der Waals surface area contributed by atoms with Gasteiger partial charge >= 0.3 is 0 Å². The van der Waals surface area contributed by atoms with E-state index in [2.05, 4.69) is 15.5 Å². The Morgan fingerprint density at radius 2 is 2.25 bits per heavy atom. The number of carbonyl (C=O) groups excluding carboxylic acids is 1. The number of benzene rings is 1. The summed E-state index contributed by atoms with van der Waals surface area (Å²) in [6.07, 6.45) is 1.16. The van der Waals surface area contributed by atoms with Gasteiger partial charge in [0, 0.05) is 17.4 Å². The maximum Gasteiger partial charge on any atom is 0.283 e. The lowest BCUT2D eigenvalue weighted by molar-refractivity contribution is -0.398. The molecule has 126 valence electrons. The van der Waals surface area contributed by atoms with E-state index in [0.29, 0.717) is 10.6 Å². The van der Waals surface area contributed by atoms with Gasteiger partial charge in [0.15, 0.2) is 5.13 Å². The Labute approximate surface area is 139 Å². The summed E-state index contributed by atoms with van der Waals surface area (Å²) < 4.78 is 4.81. The van der Waals surface area contributed by atoms with Crippen LogP contribution in [0.4, 0.5) is 10.8 Å². The fraction of sp³-hybridized carbons (Fsp3) is 0.154. The SMILES string of the molecule is COc1cc(/C=N\NC(=O)c2sc(N)nc2C)cc([N+](=O)[O-])c1[O-]. The third kappa shape index (κ3) is 3.57. The number of methoxy groups -OCH3 is 1. The van der Waals surface area contributed by atoms with Crippen molar-refractivity contribution in [3.63, 3.8) is 0 Å². The molecule has 10 nitrogen and oxygen atoms in total. The van der Waals surface area contributed by atoms with Gasteiger partial charge in [0.1, 0.15) is 10.6 Å². The van der Waals surface area contributed by atoms with Crippen molar-refractivity contribution in [3.8, 4) is 11.5 Å². The van der Waals surface area contributed by atoms with Crippen molar-refractivity contribution in [1.82, 2.24) is 10.4 Å². The number of nitro benzene ring substituents is 1. The third-order valence-electron chi connectivity index (χ3n) is 2.87. The highest BCUT2D eigenvalue weighted by atomic mass is 32.1. The Balaban J connectivity index is 2.20. The van der Waals surface area contributed by atoms with Crippen LogP contribution in [0.2, 0.25) is 0 Å². The molecule has 0 unspecified atom stereocenters. The van der Waals surface area contributed by atoms with Gasteiger partial charge in [0.25, 0.3) is 11.6 Å². The molecular formula is C13H12N5O5S-. The molecule has 1 aromatic carbocycles. The van der Waals surface area contributed by atoms with E-state index in [1.807, 2.05) is 0 Å². The smallest absolute Gasteiger partial charge is 0.283 e. The second-order valence-corrected chi connectivity index (χ2v) is 5.52. The summed E-state index contributed by atoms with van der Waals surface area (Å²) in [5.74, 6) is -1.54. The van der Waals surface area contributed by atoms with Crippen molar-refractivity contribution >= 4 is 34.3 Å². The zero-order valence-electron chi connectivity index (χ0n) is 12.6. The van der Waals surface area contributed by atoms with Crippen LogP contribution in [0.5, 0.6) is 11.5 Å². The number of hydrazone groups is 1. The van der Waals surface area contributed by atoms with Crippen LogP contribution in [0.25, 0.3) is 0 Å². The van der Waals surface area contributed by atoms with E-state index in [9.17, 15) is 20.0 Å². The van der Waals surface area contributed by atoms with Gasteiger partial charge in [-0.3, -0.25) is 14.9 Å². The Hall–Kier alpha value is -3.21. The fourth-order valence-electron chi connectivity index (χ4n) is 1.81. The first kappa shape index (κ1) is 17.1. The average molecular weight is 350 g/mol.